The van der Waals surface area contributed by atoms with Gasteiger partial charge in [0.25, 0.3) is 5.91 Å². The lowest BCUT2D eigenvalue weighted by atomic mass is 10.00. The Bertz CT molecular complexity index is 743. The molecule has 1 saturated heterocycles. The van der Waals surface area contributed by atoms with E-state index in [1.807, 2.05) is 13.8 Å². The number of nitrogens with zero attached hydrogens (tertiary/aromatic N) is 3. The van der Waals surface area contributed by atoms with E-state index in [1.165, 1.54) is 12.8 Å². The highest BCUT2D eigenvalue weighted by Gasteiger charge is 2.30. The molecule has 0 radical (unpaired) electrons. The minimum Gasteiger partial charge on any atom is -0.466 e. The van der Waals surface area contributed by atoms with Gasteiger partial charge in [0.15, 0.2) is 5.82 Å². The van der Waals surface area contributed by atoms with Crippen LogP contribution in [0, 0.1) is 19.8 Å². The minimum atomic E-state index is -0.0589. The van der Waals surface area contributed by atoms with Crippen LogP contribution in [-0.4, -0.2) is 35.7 Å². The lowest BCUT2D eigenvalue weighted by Gasteiger charge is -2.39. The summed E-state index contributed by atoms with van der Waals surface area (Å²) >= 11 is 0. The predicted octanol–water partition coefficient (Wildman–Crippen LogP) is 2.43. The molecular formula is C18H22N4O2. The Morgan fingerprint density at radius 3 is 2.67 bits per heavy atom. The summed E-state index contributed by atoms with van der Waals surface area (Å²) in [5, 5.41) is 11.7. The average Bonchev–Trinajstić information content (AvgIpc) is 3.31. The van der Waals surface area contributed by atoms with Crippen molar-refractivity contribution in [3.8, 4) is 0 Å². The molecule has 1 N–H and O–H groups in total. The maximum atomic E-state index is 12.2. The van der Waals surface area contributed by atoms with E-state index in [0.29, 0.717) is 29.7 Å². The molecule has 4 rings (SSSR count). The van der Waals surface area contributed by atoms with Crippen molar-refractivity contribution in [3.63, 3.8) is 0 Å². The van der Waals surface area contributed by atoms with Crippen LogP contribution in [-0.2, 0) is 0 Å². The van der Waals surface area contributed by atoms with E-state index in [9.17, 15) is 4.79 Å². The Morgan fingerprint density at radius 1 is 1.29 bits per heavy atom. The zero-order chi connectivity index (χ0) is 16.7. The number of hydrogen-bond donors (Lipinski definition) is 1. The summed E-state index contributed by atoms with van der Waals surface area (Å²) in [5.74, 6) is 3.40. The fraction of sp³-hybridized carbons (Fsp3) is 0.500. The number of aromatic nitrogens is 2. The van der Waals surface area contributed by atoms with Crippen LogP contribution in [0.2, 0.25) is 0 Å². The number of hydrogen-bond acceptors (Lipinski definition) is 5. The third kappa shape index (κ3) is 3.00. The van der Waals surface area contributed by atoms with Gasteiger partial charge >= 0.3 is 0 Å². The standard InChI is InChI=1S/C18H22N4O2/c1-11-7-15(12(2)24-11)18(23)19-8-13-9-22(10-13)17-6-5-16(20-21-17)14-3-4-14/h5-7,13-14H,3-4,8-10H2,1-2H3,(H,19,23). The Hall–Kier alpha value is -2.37. The number of aryl methyl sites for hydroxylation is 2. The van der Waals surface area contributed by atoms with Crippen molar-refractivity contribution in [2.45, 2.75) is 32.6 Å². The van der Waals surface area contributed by atoms with E-state index < -0.39 is 0 Å². The zero-order valence-corrected chi connectivity index (χ0v) is 14.1. The molecule has 1 aliphatic heterocycles. The van der Waals surface area contributed by atoms with E-state index in [2.05, 4.69) is 32.5 Å². The maximum absolute atomic E-state index is 12.2. The van der Waals surface area contributed by atoms with Gasteiger partial charge in [-0.15, -0.1) is 5.10 Å². The minimum absolute atomic E-state index is 0.0589. The molecule has 3 heterocycles. The molecule has 126 valence electrons. The van der Waals surface area contributed by atoms with E-state index in [1.54, 1.807) is 6.07 Å². The summed E-state index contributed by atoms with van der Waals surface area (Å²) in [6, 6.07) is 5.95. The van der Waals surface area contributed by atoms with Gasteiger partial charge in [0.1, 0.15) is 11.5 Å². The van der Waals surface area contributed by atoms with Crippen LogP contribution in [0.25, 0.3) is 0 Å². The van der Waals surface area contributed by atoms with Crippen molar-refractivity contribution in [1.29, 1.82) is 0 Å². The van der Waals surface area contributed by atoms with Crippen LogP contribution < -0.4 is 10.2 Å². The molecule has 24 heavy (non-hydrogen) atoms. The van der Waals surface area contributed by atoms with Gasteiger partial charge in [-0.3, -0.25) is 4.79 Å². The molecule has 1 aliphatic carbocycles. The molecule has 2 aliphatic rings. The molecule has 0 spiro atoms. The molecule has 6 heteroatoms. The largest absolute Gasteiger partial charge is 0.466 e. The summed E-state index contributed by atoms with van der Waals surface area (Å²) in [5.41, 5.74) is 1.75. The van der Waals surface area contributed by atoms with Crippen LogP contribution in [0.3, 0.4) is 0 Å². The van der Waals surface area contributed by atoms with Gasteiger partial charge in [-0.25, -0.2) is 0 Å². The Kier molecular flexibility index (Phi) is 3.75. The molecule has 2 fully saturated rings. The number of amides is 1. The van der Waals surface area contributed by atoms with Crippen LogP contribution in [0.4, 0.5) is 5.82 Å². The second kappa shape index (κ2) is 5.92. The number of furan rings is 1. The van der Waals surface area contributed by atoms with Gasteiger partial charge < -0.3 is 14.6 Å². The molecule has 2 aromatic heterocycles. The van der Waals surface area contributed by atoms with Gasteiger partial charge in [-0.2, -0.15) is 5.10 Å². The number of rotatable bonds is 5. The zero-order valence-electron chi connectivity index (χ0n) is 14.1. The Labute approximate surface area is 141 Å². The van der Waals surface area contributed by atoms with E-state index in [4.69, 9.17) is 4.42 Å². The summed E-state index contributed by atoms with van der Waals surface area (Å²) in [6.45, 7) is 6.15. The fourth-order valence-electron chi connectivity index (χ4n) is 3.18. The average molecular weight is 326 g/mol. The van der Waals surface area contributed by atoms with Crippen molar-refractivity contribution < 1.29 is 9.21 Å². The van der Waals surface area contributed by atoms with Crippen molar-refractivity contribution >= 4 is 11.7 Å². The molecule has 1 amide bonds. The van der Waals surface area contributed by atoms with Crippen molar-refractivity contribution in [2.24, 2.45) is 5.92 Å². The molecule has 2 aromatic rings. The summed E-state index contributed by atoms with van der Waals surface area (Å²) in [7, 11) is 0. The van der Waals surface area contributed by atoms with Crippen LogP contribution >= 0.6 is 0 Å². The van der Waals surface area contributed by atoms with E-state index in [-0.39, 0.29) is 5.91 Å². The van der Waals surface area contributed by atoms with Gasteiger partial charge in [0.2, 0.25) is 0 Å². The molecule has 0 unspecified atom stereocenters. The quantitative estimate of drug-likeness (QED) is 0.914. The van der Waals surface area contributed by atoms with Crippen molar-refractivity contribution in [2.75, 3.05) is 24.5 Å². The second-order valence-corrected chi connectivity index (χ2v) is 6.90. The summed E-state index contributed by atoms with van der Waals surface area (Å²) in [6.07, 6.45) is 2.49. The number of carbonyl (C=O) groups is 1. The third-order valence-electron chi connectivity index (χ3n) is 4.78. The Morgan fingerprint density at radius 2 is 2.08 bits per heavy atom. The van der Waals surface area contributed by atoms with Gasteiger partial charge in [-0.05, 0) is 44.9 Å². The maximum Gasteiger partial charge on any atom is 0.254 e. The van der Waals surface area contributed by atoms with Crippen LogP contribution in [0.1, 0.15) is 46.3 Å². The first-order valence-electron chi connectivity index (χ1n) is 8.54. The van der Waals surface area contributed by atoms with Crippen LogP contribution in [0.5, 0.6) is 0 Å². The summed E-state index contributed by atoms with van der Waals surface area (Å²) < 4.78 is 5.40. The Balaban J connectivity index is 1.25. The summed E-state index contributed by atoms with van der Waals surface area (Å²) in [4.78, 5) is 14.4. The van der Waals surface area contributed by atoms with E-state index in [0.717, 1.165) is 30.4 Å². The van der Waals surface area contributed by atoms with E-state index >= 15 is 0 Å². The first-order chi connectivity index (χ1) is 11.6. The van der Waals surface area contributed by atoms with Gasteiger partial charge in [-0.1, -0.05) is 0 Å². The highest BCUT2D eigenvalue weighted by Crippen LogP contribution is 2.38. The van der Waals surface area contributed by atoms with Gasteiger partial charge in [0.05, 0.1) is 11.3 Å². The lowest BCUT2D eigenvalue weighted by Crippen LogP contribution is -2.52. The molecular weight excluding hydrogens is 304 g/mol. The van der Waals surface area contributed by atoms with Crippen molar-refractivity contribution in [3.05, 3.63) is 41.0 Å². The molecule has 0 bridgehead atoms. The fourth-order valence-corrected chi connectivity index (χ4v) is 3.18. The second-order valence-electron chi connectivity index (χ2n) is 6.90. The SMILES string of the molecule is Cc1cc(C(=O)NCC2CN(c3ccc(C4CC4)nn3)C2)c(C)o1. The smallest absolute Gasteiger partial charge is 0.254 e. The lowest BCUT2D eigenvalue weighted by molar-refractivity contribution is 0.0943. The topological polar surface area (TPSA) is 71.3 Å². The molecule has 6 nitrogen and oxygen atoms in total. The van der Waals surface area contributed by atoms with Crippen LogP contribution in [0.15, 0.2) is 22.6 Å². The van der Waals surface area contributed by atoms with Crippen molar-refractivity contribution in [1.82, 2.24) is 15.5 Å². The number of carbonyl (C=O) groups excluding carboxylic acids is 1. The number of anilines is 1. The monoisotopic (exact) mass is 326 g/mol. The normalized spacial score (nSPS) is 17.7. The first-order valence-corrected chi connectivity index (χ1v) is 8.54. The first kappa shape index (κ1) is 15.2. The molecule has 0 aromatic carbocycles. The highest BCUT2D eigenvalue weighted by molar-refractivity contribution is 5.95. The number of nitrogens with one attached hydrogen (secondary N) is 1. The third-order valence-corrected chi connectivity index (χ3v) is 4.78. The van der Waals surface area contributed by atoms with Gasteiger partial charge in [0, 0.05) is 31.5 Å². The highest BCUT2D eigenvalue weighted by atomic mass is 16.3. The molecule has 0 atom stereocenters. The molecule has 1 saturated carbocycles. The predicted molar refractivity (Wildman–Crippen MR) is 90.2 cm³/mol.